The number of carbonyl (C=O) groups excluding carboxylic acids is 3. The van der Waals surface area contributed by atoms with Crippen LogP contribution in [0, 0.1) is 11.8 Å². The molecule has 0 spiro atoms. The molecule has 0 radical (unpaired) electrons. The van der Waals surface area contributed by atoms with Crippen molar-refractivity contribution < 1.29 is 48.3 Å². The van der Waals surface area contributed by atoms with Crippen LogP contribution >= 0.6 is 0 Å². The SMILES string of the molecule is CCCCCCCCCCCCCCCCCCCCCOC(=O)[C@H]1[C@H]2C[C@@]3(O)[C@@H](c4cc(OC)cc(=O)o4)[C@]1(O)[C@H](C(=O)c1ccccc1)[C@@]3(O)C(=O)O2. The Bertz CT molecular complexity index is 1620. The van der Waals surface area contributed by atoms with Gasteiger partial charge in [0.05, 0.1) is 31.6 Å². The molecule has 3 bridgehead atoms. The summed E-state index contributed by atoms with van der Waals surface area (Å²) in [4.78, 5) is 54.5. The van der Waals surface area contributed by atoms with Crippen molar-refractivity contribution in [3.63, 3.8) is 0 Å². The van der Waals surface area contributed by atoms with Gasteiger partial charge in [0, 0.05) is 18.1 Å². The number of hydrogen-bond donors (Lipinski definition) is 3. The Hall–Kier alpha value is -3.54. The average Bonchev–Trinajstić information content (AvgIpc) is 3.24. The van der Waals surface area contributed by atoms with E-state index in [1.807, 2.05) is 0 Å². The maximum Gasteiger partial charge on any atom is 0.342 e. The van der Waals surface area contributed by atoms with Crippen LogP contribution in [0.5, 0.6) is 5.75 Å². The molecule has 2 heterocycles. The van der Waals surface area contributed by atoms with Crippen molar-refractivity contribution in [3.05, 3.63) is 64.2 Å². The molecule has 2 saturated carbocycles. The number of rotatable bonds is 25. The third-order valence-electron chi connectivity index (χ3n) is 12.3. The summed E-state index contributed by atoms with van der Waals surface area (Å²) in [7, 11) is 1.30. The van der Waals surface area contributed by atoms with Gasteiger partial charge in [-0.05, 0) is 6.42 Å². The molecule has 2 aliphatic carbocycles. The van der Waals surface area contributed by atoms with Crippen molar-refractivity contribution in [1.29, 1.82) is 0 Å². The minimum absolute atomic E-state index is 0.0116. The second-order valence-corrected chi connectivity index (χ2v) is 16.0. The topological polar surface area (TPSA) is 170 Å². The van der Waals surface area contributed by atoms with Crippen LogP contribution in [0.2, 0.25) is 0 Å². The zero-order valence-electron chi connectivity index (χ0n) is 32.8. The minimum Gasteiger partial charge on any atom is -0.496 e. The Morgan fingerprint density at radius 1 is 0.764 bits per heavy atom. The van der Waals surface area contributed by atoms with E-state index in [0.717, 1.165) is 31.7 Å². The van der Waals surface area contributed by atoms with Crippen molar-refractivity contribution in [2.45, 2.75) is 164 Å². The minimum atomic E-state index is -3.00. The van der Waals surface area contributed by atoms with Gasteiger partial charge in [0.1, 0.15) is 34.7 Å². The smallest absolute Gasteiger partial charge is 0.342 e. The van der Waals surface area contributed by atoms with E-state index in [2.05, 4.69) is 6.92 Å². The molecule has 55 heavy (non-hydrogen) atoms. The maximum absolute atomic E-state index is 14.3. The highest BCUT2D eigenvalue weighted by Crippen LogP contribution is 2.69. The predicted molar refractivity (Wildman–Crippen MR) is 206 cm³/mol. The molecule has 1 aliphatic heterocycles. The molecular weight excluding hydrogens is 704 g/mol. The first kappa shape index (κ1) is 42.6. The van der Waals surface area contributed by atoms with E-state index in [4.69, 9.17) is 18.6 Å². The third kappa shape index (κ3) is 9.04. The van der Waals surface area contributed by atoms with Crippen LogP contribution in [0.4, 0.5) is 0 Å². The third-order valence-corrected chi connectivity index (χ3v) is 12.3. The van der Waals surface area contributed by atoms with Gasteiger partial charge in [-0.15, -0.1) is 0 Å². The van der Waals surface area contributed by atoms with Gasteiger partial charge < -0.3 is 33.9 Å². The Labute approximate surface area is 325 Å². The molecule has 11 heteroatoms. The van der Waals surface area contributed by atoms with E-state index in [1.54, 1.807) is 18.2 Å². The van der Waals surface area contributed by atoms with Crippen LogP contribution < -0.4 is 10.4 Å². The molecule has 304 valence electrons. The first-order valence-electron chi connectivity index (χ1n) is 20.9. The summed E-state index contributed by atoms with van der Waals surface area (Å²) in [5, 5.41) is 37.3. The number of ketones is 1. The lowest BCUT2D eigenvalue weighted by atomic mass is 9.61. The summed E-state index contributed by atoms with van der Waals surface area (Å²) in [5.74, 6) is -9.12. The first-order chi connectivity index (χ1) is 26.5. The van der Waals surface area contributed by atoms with Gasteiger partial charge in [-0.3, -0.25) is 9.59 Å². The van der Waals surface area contributed by atoms with Gasteiger partial charge in [0.15, 0.2) is 5.78 Å². The number of hydrogen-bond acceptors (Lipinski definition) is 11. The van der Waals surface area contributed by atoms with Crippen LogP contribution in [-0.2, 0) is 19.1 Å². The molecule has 7 atom stereocenters. The highest BCUT2D eigenvalue weighted by atomic mass is 16.6. The van der Waals surface area contributed by atoms with Crippen molar-refractivity contribution in [2.75, 3.05) is 13.7 Å². The molecule has 11 nitrogen and oxygen atoms in total. The molecule has 2 aromatic rings. The molecule has 5 rings (SSSR count). The van der Waals surface area contributed by atoms with Gasteiger partial charge in [-0.1, -0.05) is 153 Å². The van der Waals surface area contributed by atoms with Crippen LogP contribution in [-0.4, -0.2) is 69.7 Å². The number of aliphatic hydroxyl groups is 3. The fourth-order valence-corrected chi connectivity index (χ4v) is 9.49. The summed E-state index contributed by atoms with van der Waals surface area (Å²) in [6, 6.07) is 9.93. The van der Waals surface area contributed by atoms with E-state index in [0.29, 0.717) is 6.42 Å². The first-order valence-corrected chi connectivity index (χ1v) is 20.9. The fourth-order valence-electron chi connectivity index (χ4n) is 9.49. The second-order valence-electron chi connectivity index (χ2n) is 16.0. The number of Topliss-reactive ketones (excluding diaryl/α,β-unsaturated/α-hetero) is 1. The van der Waals surface area contributed by atoms with Crippen molar-refractivity contribution >= 4 is 17.7 Å². The fraction of sp³-hybridized carbons (Fsp3) is 0.682. The van der Waals surface area contributed by atoms with Crippen molar-refractivity contribution in [3.8, 4) is 5.75 Å². The molecule has 0 unspecified atom stereocenters. The number of methoxy groups -OCH3 is 1. The number of esters is 2. The largest absolute Gasteiger partial charge is 0.496 e. The second kappa shape index (κ2) is 19.6. The van der Waals surface area contributed by atoms with Crippen molar-refractivity contribution in [2.24, 2.45) is 11.8 Å². The molecule has 1 saturated heterocycles. The standard InChI is InChI=1S/C44H62O11/c1-3-4-5-6-7-8-9-10-11-12-13-14-15-16-17-18-19-20-24-27-53-40(47)36-34-30-42(49)38(33-28-32(52-2)29-35(45)54-33)43(36,50)39(44(42,51)41(48)55-34)37(46)31-25-22-21-23-26-31/h21-23,25-26,28-29,34,36,38-39,49-51H,3-20,24,27,30H2,1-2H3/t34-,36-,38-,39+,42-,43+,44-/m1/s1. The highest BCUT2D eigenvalue weighted by Gasteiger charge is 2.89. The van der Waals surface area contributed by atoms with Crippen LogP contribution in [0.25, 0.3) is 0 Å². The van der Waals surface area contributed by atoms with Crippen molar-refractivity contribution in [1.82, 2.24) is 0 Å². The van der Waals surface area contributed by atoms with E-state index >= 15 is 0 Å². The van der Waals surface area contributed by atoms with Crippen LogP contribution in [0.15, 0.2) is 51.7 Å². The molecule has 1 aromatic carbocycles. The van der Waals surface area contributed by atoms with Gasteiger partial charge in [0.25, 0.3) is 0 Å². The molecule has 3 N–H and O–H groups in total. The molecule has 1 aromatic heterocycles. The van der Waals surface area contributed by atoms with E-state index in [1.165, 1.54) is 115 Å². The predicted octanol–water partition coefficient (Wildman–Crippen LogP) is 7.36. The van der Waals surface area contributed by atoms with Gasteiger partial charge in [-0.2, -0.15) is 0 Å². The number of benzene rings is 1. The van der Waals surface area contributed by atoms with Gasteiger partial charge in [0.2, 0.25) is 5.60 Å². The Morgan fingerprint density at radius 2 is 1.29 bits per heavy atom. The summed E-state index contributed by atoms with van der Waals surface area (Å²) in [6.45, 7) is 2.28. The number of fused-ring (bicyclic) bond motifs is 2. The molecule has 0 amide bonds. The lowest BCUT2D eigenvalue weighted by Gasteiger charge is -2.51. The summed E-state index contributed by atoms with van der Waals surface area (Å²) in [5.41, 5.74) is -9.13. The van der Waals surface area contributed by atoms with Gasteiger partial charge >= 0.3 is 17.6 Å². The number of unbranched alkanes of at least 4 members (excludes halogenated alkanes) is 18. The highest BCUT2D eigenvalue weighted by molar-refractivity contribution is 6.05. The quantitative estimate of drug-likeness (QED) is 0.0524. The zero-order chi connectivity index (χ0) is 39.5. The maximum atomic E-state index is 14.3. The Kier molecular flexibility index (Phi) is 15.1. The lowest BCUT2D eigenvalue weighted by Crippen LogP contribution is -2.68. The number of ether oxygens (including phenoxy) is 3. The normalized spacial score (nSPS) is 27.9. The van der Waals surface area contributed by atoms with E-state index < -0.39 is 70.4 Å². The van der Waals surface area contributed by atoms with Crippen LogP contribution in [0.3, 0.4) is 0 Å². The summed E-state index contributed by atoms with van der Waals surface area (Å²) < 4.78 is 21.9. The Balaban J connectivity index is 1.14. The van der Waals surface area contributed by atoms with E-state index in [-0.39, 0.29) is 23.7 Å². The van der Waals surface area contributed by atoms with E-state index in [9.17, 15) is 34.5 Å². The number of carbonyl (C=O) groups is 3. The average molecular weight is 767 g/mol. The van der Waals surface area contributed by atoms with Gasteiger partial charge in [-0.25, -0.2) is 9.59 Å². The lowest BCUT2D eigenvalue weighted by molar-refractivity contribution is -0.245. The monoisotopic (exact) mass is 766 g/mol. The van der Waals surface area contributed by atoms with Crippen LogP contribution in [0.1, 0.15) is 157 Å². The molecule has 3 fully saturated rings. The summed E-state index contributed by atoms with van der Waals surface area (Å²) in [6.07, 6.45) is 21.4. The molecule has 3 aliphatic rings. The Morgan fingerprint density at radius 3 is 1.82 bits per heavy atom. The summed E-state index contributed by atoms with van der Waals surface area (Å²) >= 11 is 0. The molecular formula is C44H62O11. The zero-order valence-corrected chi connectivity index (χ0v) is 32.8.